The molecule has 4 nitrogen and oxygen atoms in total. The summed E-state index contributed by atoms with van der Waals surface area (Å²) in [7, 11) is -6.69. The van der Waals surface area contributed by atoms with Gasteiger partial charge >= 0.3 is 6.18 Å². The first-order chi connectivity index (χ1) is 15.2. The van der Waals surface area contributed by atoms with Crippen molar-refractivity contribution in [3.63, 3.8) is 0 Å². The van der Waals surface area contributed by atoms with Gasteiger partial charge in [-0.2, -0.15) is 13.2 Å². The summed E-state index contributed by atoms with van der Waals surface area (Å²) in [6.45, 7) is 7.97. The molecular formula is C21H29EuF3O4P2S. The van der Waals surface area contributed by atoms with Gasteiger partial charge in [0.15, 0.2) is 6.10 Å². The number of hydrogen-bond donors (Lipinski definition) is 2. The molecule has 0 aliphatic heterocycles. The minimum Gasteiger partial charge on any atom is -0.507 e. The van der Waals surface area contributed by atoms with E-state index in [1.54, 1.807) is 56.5 Å². The zero-order valence-corrected chi connectivity index (χ0v) is 23.3. The summed E-state index contributed by atoms with van der Waals surface area (Å²) in [4.78, 5) is 0.114. The maximum atomic E-state index is 13.6. The van der Waals surface area contributed by atoms with Crippen molar-refractivity contribution in [2.24, 2.45) is 0 Å². The van der Waals surface area contributed by atoms with Gasteiger partial charge in [-0.05, 0) is 30.8 Å². The Morgan fingerprint density at radius 3 is 2.06 bits per heavy atom. The van der Waals surface area contributed by atoms with E-state index in [9.17, 15) is 27.4 Å². The molecule has 1 aromatic heterocycles. The molecule has 0 bridgehead atoms. The molecule has 2 unspecified atom stereocenters. The minimum absolute atomic E-state index is 0. The van der Waals surface area contributed by atoms with Crippen LogP contribution in [0.15, 0.2) is 53.9 Å². The van der Waals surface area contributed by atoms with Gasteiger partial charge < -0.3 is 19.3 Å². The molecule has 0 amide bonds. The van der Waals surface area contributed by atoms with E-state index in [1.807, 2.05) is 0 Å². The van der Waals surface area contributed by atoms with Gasteiger partial charge in [-0.15, -0.1) is 11.3 Å². The van der Waals surface area contributed by atoms with Crippen LogP contribution in [0.1, 0.15) is 29.8 Å². The normalized spacial score (nSPS) is 17.7. The fraction of sp³-hybridized carbons (Fsp3) is 0.429. The van der Waals surface area contributed by atoms with E-state index in [0.29, 0.717) is 5.30 Å². The second-order valence-electron chi connectivity index (χ2n) is 7.98. The van der Waals surface area contributed by atoms with Crippen molar-refractivity contribution in [2.45, 2.75) is 38.2 Å². The van der Waals surface area contributed by atoms with Crippen molar-refractivity contribution in [1.29, 1.82) is 0 Å². The van der Waals surface area contributed by atoms with Crippen molar-refractivity contribution in [1.82, 2.24) is 0 Å². The van der Waals surface area contributed by atoms with Crippen LogP contribution in [-0.2, 0) is 9.13 Å². The Labute approximate surface area is 236 Å². The van der Waals surface area contributed by atoms with Crippen LogP contribution in [0.5, 0.6) is 0 Å². The average Bonchev–Trinajstić information content (AvgIpc) is 3.25. The SMILES string of the molecule is [2H]C(=C(O)c1cccs1)C(O)C(F)(F)F.[2H]C([2H])(P(C)(C)=O)P(=O)(c1ccccc1)C(C)(C)C.[Eu]. The van der Waals surface area contributed by atoms with Crippen LogP contribution < -0.4 is 5.30 Å². The van der Waals surface area contributed by atoms with Crippen molar-refractivity contribution in [3.05, 3.63) is 58.8 Å². The first kappa shape index (κ1) is 26.9. The molecule has 2 N–H and O–H groups in total. The predicted octanol–water partition coefficient (Wildman–Crippen LogP) is 6.62. The Bertz CT molecular complexity index is 1080. The van der Waals surface area contributed by atoms with Gasteiger partial charge in [-0.3, -0.25) is 0 Å². The molecule has 2 rings (SSSR count). The summed E-state index contributed by atoms with van der Waals surface area (Å²) in [5, 5.41) is 19.2. The molecule has 1 radical (unpaired) electrons. The van der Waals surface area contributed by atoms with Gasteiger partial charge in [0.25, 0.3) is 0 Å². The van der Waals surface area contributed by atoms with Crippen LogP contribution >= 0.6 is 25.6 Å². The third-order valence-electron chi connectivity index (χ3n) is 3.78. The molecule has 2 aromatic rings. The number of thiophene rings is 1. The quantitative estimate of drug-likeness (QED) is 0.282. The van der Waals surface area contributed by atoms with Gasteiger partial charge in [0.2, 0.25) is 0 Å². The first-order valence-corrected chi connectivity index (χ1v) is 14.3. The number of alkyl halides is 3. The van der Waals surface area contributed by atoms with E-state index in [4.69, 9.17) is 9.22 Å². The molecule has 181 valence electrons. The van der Waals surface area contributed by atoms with E-state index in [0.717, 1.165) is 11.3 Å². The average molecular weight is 651 g/mol. The van der Waals surface area contributed by atoms with E-state index in [2.05, 4.69) is 0 Å². The van der Waals surface area contributed by atoms with Crippen molar-refractivity contribution < 1.29 is 86.0 Å². The smallest absolute Gasteiger partial charge is 0.418 e. The fourth-order valence-corrected chi connectivity index (χ4v) is 8.64. The van der Waals surface area contributed by atoms with E-state index in [-0.39, 0.29) is 54.3 Å². The van der Waals surface area contributed by atoms with Crippen molar-refractivity contribution in [2.75, 3.05) is 19.2 Å². The standard InChI is InChI=1S/C13H22O2P2.C8H7F3O2S.Eu/c1-13(2,3)17(15,11-16(4,5)14)12-9-7-6-8-10-12;9-8(10,11)7(13)4-5(12)6-2-1-3-14-6;/h6-10H,11H2,1-5H3;1-4,7,12-13H;/i11D2;4D;. The van der Waals surface area contributed by atoms with Crippen LogP contribution in [0.4, 0.5) is 13.2 Å². The molecular weight excluding hydrogens is 619 g/mol. The van der Waals surface area contributed by atoms with E-state index in [1.165, 1.54) is 25.5 Å². The molecule has 11 heteroatoms. The summed E-state index contributed by atoms with van der Waals surface area (Å²) in [6.07, 6.45) is -7.90. The predicted molar refractivity (Wildman–Crippen MR) is 125 cm³/mol. The number of hydrogen-bond acceptors (Lipinski definition) is 5. The zero-order chi connectivity index (χ0) is 26.8. The van der Waals surface area contributed by atoms with Crippen LogP contribution in [0, 0.1) is 49.4 Å². The van der Waals surface area contributed by atoms with Gasteiger partial charge in [0, 0.05) is 62.6 Å². The first-order valence-electron chi connectivity index (χ1n) is 10.6. The third-order valence-corrected chi connectivity index (χ3v) is 10.6. The number of aliphatic hydroxyl groups is 2. The molecule has 1 heterocycles. The van der Waals surface area contributed by atoms with Gasteiger partial charge in [0.1, 0.15) is 12.9 Å². The second kappa shape index (κ2) is 12.8. The zero-order valence-electron chi connectivity index (χ0n) is 21.2. The third kappa shape index (κ3) is 10.3. The Morgan fingerprint density at radius 2 is 1.69 bits per heavy atom. The van der Waals surface area contributed by atoms with E-state index >= 15 is 0 Å². The molecule has 1 aromatic carbocycles. The summed E-state index contributed by atoms with van der Waals surface area (Å²) in [5.74, 6) is -3.06. The topological polar surface area (TPSA) is 74.6 Å². The second-order valence-corrected chi connectivity index (χ2v) is 15.5. The molecule has 0 saturated heterocycles. The molecule has 0 saturated carbocycles. The summed E-state index contributed by atoms with van der Waals surface area (Å²) < 4.78 is 85.4. The molecule has 0 spiro atoms. The van der Waals surface area contributed by atoms with E-state index < -0.39 is 49.4 Å². The minimum atomic E-state index is -4.94. The Hall–Kier alpha value is 0.254. The van der Waals surface area contributed by atoms with Gasteiger partial charge in [-0.1, -0.05) is 57.2 Å². The van der Waals surface area contributed by atoms with Crippen LogP contribution in [0.25, 0.3) is 5.76 Å². The summed E-state index contributed by atoms with van der Waals surface area (Å²) >= 11 is 0.981. The molecule has 32 heavy (non-hydrogen) atoms. The number of rotatable bonds is 5. The summed E-state index contributed by atoms with van der Waals surface area (Å²) in [5.41, 5.74) is 0. The van der Waals surface area contributed by atoms with Crippen LogP contribution in [-0.4, -0.2) is 46.8 Å². The number of benzene rings is 1. The Balaban J connectivity index is 0.000000659. The molecule has 0 aliphatic carbocycles. The monoisotopic (exact) mass is 652 g/mol. The van der Waals surface area contributed by atoms with Crippen molar-refractivity contribution in [3.8, 4) is 0 Å². The van der Waals surface area contributed by atoms with Gasteiger partial charge in [-0.25, -0.2) is 0 Å². The maximum absolute atomic E-state index is 13.6. The maximum Gasteiger partial charge on any atom is 0.418 e. The van der Waals surface area contributed by atoms with Crippen LogP contribution in [0.3, 0.4) is 0 Å². The Kier molecular flexibility index (Phi) is 10.8. The molecule has 0 fully saturated rings. The van der Waals surface area contributed by atoms with Crippen LogP contribution in [0.2, 0.25) is 0 Å². The molecule has 0 aliphatic rings. The van der Waals surface area contributed by atoms with Crippen molar-refractivity contribution >= 4 is 36.7 Å². The largest absolute Gasteiger partial charge is 0.507 e. The Morgan fingerprint density at radius 1 is 1.16 bits per heavy atom. The fourth-order valence-electron chi connectivity index (χ4n) is 2.27. The summed E-state index contributed by atoms with van der Waals surface area (Å²) in [6, 6.07) is 10.2. The van der Waals surface area contributed by atoms with Gasteiger partial charge in [0.05, 0.1) is 19.2 Å². The number of aliphatic hydroxyl groups excluding tert-OH is 2. The number of halogens is 3. The molecule has 2 atom stereocenters.